The van der Waals surface area contributed by atoms with Gasteiger partial charge < -0.3 is 14.9 Å². The lowest BCUT2D eigenvalue weighted by Crippen LogP contribution is -2.38. The quantitative estimate of drug-likeness (QED) is 0.699. The van der Waals surface area contributed by atoms with Crippen LogP contribution in [0.4, 0.5) is 0 Å². The molecule has 2 rings (SSSR count). The van der Waals surface area contributed by atoms with Gasteiger partial charge in [-0.1, -0.05) is 10.8 Å². The molecule has 1 heterocycles. The maximum atomic E-state index is 11.7. The number of hydrogen-bond acceptors (Lipinski definition) is 4. The van der Waals surface area contributed by atoms with Crippen LogP contribution in [0.2, 0.25) is 0 Å². The molecule has 6 heteroatoms. The van der Waals surface area contributed by atoms with Crippen LogP contribution < -0.4 is 16.1 Å². The first-order valence-corrected chi connectivity index (χ1v) is 4.60. The van der Waals surface area contributed by atoms with E-state index in [0.717, 1.165) is 0 Å². The maximum Gasteiger partial charge on any atom is 0.362 e. The topological polar surface area (TPSA) is 84.3 Å². The van der Waals surface area contributed by atoms with Crippen LogP contribution in [0, 0.1) is 0 Å². The molecule has 0 atom stereocenters. The lowest BCUT2D eigenvalue weighted by Gasteiger charge is -2.04. The van der Waals surface area contributed by atoms with Crippen molar-refractivity contribution < 1.29 is 9.94 Å². The van der Waals surface area contributed by atoms with E-state index in [2.05, 4.69) is 9.82 Å². The molecule has 0 bridgehead atoms. The first-order chi connectivity index (χ1) is 7.67. The number of aliphatic hydroxyl groups excluding tert-OH is 1. The van der Waals surface area contributed by atoms with Gasteiger partial charge >= 0.3 is 5.69 Å². The zero-order valence-electron chi connectivity index (χ0n) is 8.56. The Kier molecular flexibility index (Phi) is 2.49. The van der Waals surface area contributed by atoms with E-state index in [-0.39, 0.29) is 6.61 Å². The van der Waals surface area contributed by atoms with Crippen LogP contribution in [0.1, 0.15) is 5.56 Å². The van der Waals surface area contributed by atoms with Crippen LogP contribution in [0.5, 0.6) is 0 Å². The number of H-pyrrole nitrogens is 1. The molecule has 0 fully saturated rings. The standard InChI is InChI=1S/C10H10N2O4/c1-16-12-9(14)7-3-2-6(5-13)4-8(7)11-10(12)15/h2-4,13H,5H2,1H3,(H,11,15). The fraction of sp³-hybridized carbons (Fsp3) is 0.200. The second-order valence-electron chi connectivity index (χ2n) is 3.25. The fourth-order valence-electron chi connectivity index (χ4n) is 1.51. The first-order valence-electron chi connectivity index (χ1n) is 4.60. The Labute approximate surface area is 89.7 Å². The summed E-state index contributed by atoms with van der Waals surface area (Å²) in [6.45, 7) is -0.147. The highest BCUT2D eigenvalue weighted by molar-refractivity contribution is 5.77. The number of hydrogen-bond donors (Lipinski definition) is 2. The zero-order valence-corrected chi connectivity index (χ0v) is 8.56. The molecule has 0 unspecified atom stereocenters. The molecule has 0 amide bonds. The molecular formula is C10H10N2O4. The van der Waals surface area contributed by atoms with Crippen LogP contribution in [0.3, 0.4) is 0 Å². The minimum atomic E-state index is -0.643. The Morgan fingerprint density at radius 3 is 2.81 bits per heavy atom. The number of nitrogens with zero attached hydrogens (tertiary/aromatic N) is 1. The Balaban J connectivity index is 2.87. The van der Waals surface area contributed by atoms with Crippen LogP contribution in [-0.4, -0.2) is 21.9 Å². The van der Waals surface area contributed by atoms with Gasteiger partial charge in [0.1, 0.15) is 7.11 Å². The van der Waals surface area contributed by atoms with Crippen LogP contribution in [0.25, 0.3) is 10.9 Å². The summed E-state index contributed by atoms with van der Waals surface area (Å²) in [5, 5.41) is 9.27. The lowest BCUT2D eigenvalue weighted by atomic mass is 10.1. The van der Waals surface area contributed by atoms with E-state index in [1.807, 2.05) is 0 Å². The number of aromatic nitrogens is 2. The van der Waals surface area contributed by atoms with Gasteiger partial charge in [-0.15, -0.1) is 0 Å². The van der Waals surface area contributed by atoms with E-state index >= 15 is 0 Å². The fourth-order valence-corrected chi connectivity index (χ4v) is 1.51. The third kappa shape index (κ3) is 1.49. The minimum absolute atomic E-state index is 0.147. The van der Waals surface area contributed by atoms with Gasteiger partial charge in [0, 0.05) is 0 Å². The number of rotatable bonds is 2. The van der Waals surface area contributed by atoms with Gasteiger partial charge in [-0.25, -0.2) is 4.79 Å². The van der Waals surface area contributed by atoms with E-state index in [1.165, 1.54) is 13.2 Å². The summed E-state index contributed by atoms with van der Waals surface area (Å²) < 4.78 is 0.640. The second-order valence-corrected chi connectivity index (χ2v) is 3.25. The van der Waals surface area contributed by atoms with Gasteiger partial charge in [0.25, 0.3) is 5.56 Å². The summed E-state index contributed by atoms with van der Waals surface area (Å²) >= 11 is 0. The van der Waals surface area contributed by atoms with Gasteiger partial charge in [0.2, 0.25) is 0 Å². The van der Waals surface area contributed by atoms with E-state index in [0.29, 0.717) is 21.2 Å². The summed E-state index contributed by atoms with van der Waals surface area (Å²) in [7, 11) is 1.24. The van der Waals surface area contributed by atoms with Crippen molar-refractivity contribution in [3.63, 3.8) is 0 Å². The van der Waals surface area contributed by atoms with Crippen LogP contribution in [0.15, 0.2) is 27.8 Å². The van der Waals surface area contributed by atoms with E-state index in [4.69, 9.17) is 5.11 Å². The van der Waals surface area contributed by atoms with E-state index < -0.39 is 11.2 Å². The average molecular weight is 222 g/mol. The van der Waals surface area contributed by atoms with Crippen LogP contribution in [-0.2, 0) is 6.61 Å². The monoisotopic (exact) mass is 222 g/mol. The lowest BCUT2D eigenvalue weighted by molar-refractivity contribution is 0.146. The van der Waals surface area contributed by atoms with Crippen molar-refractivity contribution in [1.29, 1.82) is 0 Å². The van der Waals surface area contributed by atoms with E-state index in [9.17, 15) is 9.59 Å². The molecule has 0 spiro atoms. The Morgan fingerprint density at radius 1 is 1.44 bits per heavy atom. The molecule has 0 aliphatic carbocycles. The first kappa shape index (κ1) is 10.4. The molecule has 0 aliphatic heterocycles. The summed E-state index contributed by atoms with van der Waals surface area (Å²) in [5.74, 6) is 0. The number of benzene rings is 1. The molecular weight excluding hydrogens is 212 g/mol. The summed E-state index contributed by atoms with van der Waals surface area (Å²) in [6.07, 6.45) is 0. The largest absolute Gasteiger partial charge is 0.409 e. The number of aromatic amines is 1. The maximum absolute atomic E-state index is 11.7. The third-order valence-corrected chi connectivity index (χ3v) is 2.29. The molecule has 16 heavy (non-hydrogen) atoms. The Hall–Kier alpha value is -2.08. The summed E-state index contributed by atoms with van der Waals surface area (Å²) in [4.78, 5) is 30.3. The molecule has 0 saturated carbocycles. The molecule has 1 aromatic heterocycles. The van der Waals surface area contributed by atoms with Gasteiger partial charge in [0.15, 0.2) is 0 Å². The van der Waals surface area contributed by atoms with Crippen molar-refractivity contribution in [2.45, 2.75) is 6.61 Å². The zero-order chi connectivity index (χ0) is 11.7. The number of aliphatic hydroxyl groups is 1. The smallest absolute Gasteiger partial charge is 0.362 e. The predicted octanol–water partition coefficient (Wildman–Crippen LogP) is -0.760. The summed E-state index contributed by atoms with van der Waals surface area (Å²) in [5.41, 5.74) is -0.159. The van der Waals surface area contributed by atoms with Gasteiger partial charge in [-0.3, -0.25) is 4.79 Å². The highest BCUT2D eigenvalue weighted by Crippen LogP contribution is 2.08. The van der Waals surface area contributed by atoms with Crippen molar-refractivity contribution in [3.05, 3.63) is 44.6 Å². The number of nitrogens with one attached hydrogen (secondary N) is 1. The minimum Gasteiger partial charge on any atom is -0.409 e. The second kappa shape index (κ2) is 3.82. The summed E-state index contributed by atoms with van der Waals surface area (Å²) in [6, 6.07) is 4.70. The predicted molar refractivity (Wildman–Crippen MR) is 57.3 cm³/mol. The van der Waals surface area contributed by atoms with Crippen molar-refractivity contribution in [2.75, 3.05) is 7.11 Å². The average Bonchev–Trinajstić information content (AvgIpc) is 2.28. The van der Waals surface area contributed by atoms with Crippen molar-refractivity contribution in [3.8, 4) is 0 Å². The molecule has 0 saturated heterocycles. The van der Waals surface area contributed by atoms with Gasteiger partial charge in [0.05, 0.1) is 17.5 Å². The van der Waals surface area contributed by atoms with Gasteiger partial charge in [-0.05, 0) is 17.7 Å². The van der Waals surface area contributed by atoms with Gasteiger partial charge in [-0.2, -0.15) is 0 Å². The highest BCUT2D eigenvalue weighted by Gasteiger charge is 2.07. The molecule has 1 aromatic carbocycles. The number of fused-ring (bicyclic) bond motifs is 1. The SMILES string of the molecule is COn1c(=O)[nH]c2cc(CO)ccc2c1=O. The molecule has 84 valence electrons. The molecule has 2 N–H and O–H groups in total. The van der Waals surface area contributed by atoms with Crippen molar-refractivity contribution in [2.24, 2.45) is 0 Å². The molecule has 2 aromatic rings. The van der Waals surface area contributed by atoms with E-state index in [1.54, 1.807) is 12.1 Å². The molecule has 0 aliphatic rings. The highest BCUT2D eigenvalue weighted by atomic mass is 16.7. The van der Waals surface area contributed by atoms with Crippen LogP contribution >= 0.6 is 0 Å². The molecule has 6 nitrogen and oxygen atoms in total. The molecule has 0 radical (unpaired) electrons. The Morgan fingerprint density at radius 2 is 2.19 bits per heavy atom. The van der Waals surface area contributed by atoms with Crippen molar-refractivity contribution >= 4 is 10.9 Å². The third-order valence-electron chi connectivity index (χ3n) is 2.29. The van der Waals surface area contributed by atoms with Crippen molar-refractivity contribution in [1.82, 2.24) is 9.71 Å². The normalized spacial score (nSPS) is 10.6. The Bertz CT molecular complexity index is 641.